The van der Waals surface area contributed by atoms with E-state index in [1.54, 1.807) is 6.20 Å². The number of non-ortho nitro benzene ring substituents is 1. The average molecular weight is 249 g/mol. The number of rotatable bonds is 4. The first-order valence-corrected chi connectivity index (χ1v) is 5.47. The van der Waals surface area contributed by atoms with Crippen LogP contribution < -0.4 is 10.6 Å². The molecule has 6 nitrogen and oxygen atoms in total. The summed E-state index contributed by atoms with van der Waals surface area (Å²) in [5.41, 5.74) is 0.483. The zero-order valence-corrected chi connectivity index (χ0v) is 10.2. The van der Waals surface area contributed by atoms with Crippen LogP contribution in [0.1, 0.15) is 13.8 Å². The third kappa shape index (κ3) is 4.65. The van der Waals surface area contributed by atoms with E-state index in [0.717, 1.165) is 0 Å². The van der Waals surface area contributed by atoms with Crippen molar-refractivity contribution < 1.29 is 9.72 Å². The molecule has 1 aromatic rings. The van der Waals surface area contributed by atoms with Crippen molar-refractivity contribution in [2.24, 2.45) is 5.92 Å². The lowest BCUT2D eigenvalue weighted by Crippen LogP contribution is -2.23. The third-order valence-electron chi connectivity index (χ3n) is 2.03. The summed E-state index contributed by atoms with van der Waals surface area (Å²) in [4.78, 5) is 21.4. The molecule has 2 N–H and O–H groups in total. The van der Waals surface area contributed by atoms with E-state index in [2.05, 4.69) is 10.6 Å². The van der Waals surface area contributed by atoms with Crippen molar-refractivity contribution in [2.75, 3.05) is 5.32 Å². The fourth-order valence-electron chi connectivity index (χ4n) is 1.15. The Kier molecular flexibility index (Phi) is 4.86. The van der Waals surface area contributed by atoms with Crippen LogP contribution in [0.4, 0.5) is 16.2 Å². The summed E-state index contributed by atoms with van der Waals surface area (Å²) in [5.74, 6) is 0.352. The fourth-order valence-corrected chi connectivity index (χ4v) is 1.15. The quantitative estimate of drug-likeness (QED) is 0.635. The molecule has 0 saturated heterocycles. The van der Waals surface area contributed by atoms with E-state index >= 15 is 0 Å². The van der Waals surface area contributed by atoms with E-state index in [0.29, 0.717) is 11.6 Å². The normalized spacial score (nSPS) is 10.6. The van der Waals surface area contributed by atoms with Crippen LogP contribution in [-0.4, -0.2) is 11.0 Å². The summed E-state index contributed by atoms with van der Waals surface area (Å²) < 4.78 is 0. The number of hydrogen-bond acceptors (Lipinski definition) is 3. The predicted octanol–water partition coefficient (Wildman–Crippen LogP) is 2.89. The molecule has 0 unspecified atom stereocenters. The van der Waals surface area contributed by atoms with E-state index in [9.17, 15) is 14.9 Å². The van der Waals surface area contributed by atoms with Crippen molar-refractivity contribution in [2.45, 2.75) is 13.8 Å². The number of allylic oxidation sites excluding steroid dienone is 1. The van der Waals surface area contributed by atoms with Crippen molar-refractivity contribution in [1.29, 1.82) is 0 Å². The van der Waals surface area contributed by atoms with Crippen LogP contribution in [0.3, 0.4) is 0 Å². The lowest BCUT2D eigenvalue weighted by Gasteiger charge is -2.04. The summed E-state index contributed by atoms with van der Waals surface area (Å²) in [5, 5.41) is 15.5. The van der Waals surface area contributed by atoms with Gasteiger partial charge in [-0.2, -0.15) is 0 Å². The summed E-state index contributed by atoms with van der Waals surface area (Å²) in [6.45, 7) is 3.98. The van der Waals surface area contributed by atoms with Crippen LogP contribution in [-0.2, 0) is 0 Å². The van der Waals surface area contributed by atoms with Crippen molar-refractivity contribution in [3.63, 3.8) is 0 Å². The van der Waals surface area contributed by atoms with Gasteiger partial charge in [0, 0.05) is 24.0 Å². The van der Waals surface area contributed by atoms with E-state index in [-0.39, 0.29) is 11.7 Å². The van der Waals surface area contributed by atoms with Crippen LogP contribution >= 0.6 is 0 Å². The molecule has 2 amide bonds. The molecule has 96 valence electrons. The molecule has 18 heavy (non-hydrogen) atoms. The predicted molar refractivity (Wildman–Crippen MR) is 69.2 cm³/mol. The van der Waals surface area contributed by atoms with Gasteiger partial charge < -0.3 is 10.6 Å². The molecule has 0 atom stereocenters. The molecule has 0 aliphatic carbocycles. The molecule has 1 rings (SSSR count). The summed E-state index contributed by atoms with van der Waals surface area (Å²) in [6.07, 6.45) is 3.40. The largest absolute Gasteiger partial charge is 0.323 e. The Morgan fingerprint density at radius 3 is 2.44 bits per heavy atom. The molecule has 0 aliphatic heterocycles. The van der Waals surface area contributed by atoms with Crippen molar-refractivity contribution in [3.8, 4) is 0 Å². The van der Waals surface area contributed by atoms with Crippen molar-refractivity contribution in [3.05, 3.63) is 46.7 Å². The minimum atomic E-state index is -0.491. The molecular weight excluding hydrogens is 234 g/mol. The molecule has 0 saturated carbocycles. The van der Waals surface area contributed by atoms with Gasteiger partial charge in [0.05, 0.1) is 4.92 Å². The van der Waals surface area contributed by atoms with Gasteiger partial charge in [0.1, 0.15) is 0 Å². The van der Waals surface area contributed by atoms with Crippen LogP contribution in [0.25, 0.3) is 0 Å². The van der Waals surface area contributed by atoms with Crippen LogP contribution in [0.5, 0.6) is 0 Å². The Labute approximate surface area is 105 Å². The van der Waals surface area contributed by atoms with Gasteiger partial charge in [-0.3, -0.25) is 10.1 Å². The highest BCUT2D eigenvalue weighted by atomic mass is 16.6. The first-order valence-electron chi connectivity index (χ1n) is 5.47. The second-order valence-corrected chi connectivity index (χ2v) is 4.01. The Morgan fingerprint density at radius 2 is 1.94 bits per heavy atom. The van der Waals surface area contributed by atoms with E-state index in [4.69, 9.17) is 0 Å². The number of carbonyl (C=O) groups excluding carboxylic acids is 1. The molecule has 0 aliphatic rings. The topological polar surface area (TPSA) is 84.3 Å². The van der Waals surface area contributed by atoms with Crippen LogP contribution in [0.15, 0.2) is 36.5 Å². The molecule has 0 aromatic heterocycles. The molecule has 0 radical (unpaired) electrons. The van der Waals surface area contributed by atoms with Crippen LogP contribution in [0.2, 0.25) is 0 Å². The number of hydrogen-bond donors (Lipinski definition) is 2. The molecule has 0 bridgehead atoms. The van der Waals surface area contributed by atoms with Gasteiger partial charge >= 0.3 is 6.03 Å². The second-order valence-electron chi connectivity index (χ2n) is 4.01. The lowest BCUT2D eigenvalue weighted by molar-refractivity contribution is -0.384. The van der Waals surface area contributed by atoms with Gasteiger partial charge in [-0.25, -0.2) is 4.79 Å². The molecule has 0 spiro atoms. The number of carbonyl (C=O) groups is 1. The molecular formula is C12H15N3O3. The number of nitrogens with zero attached hydrogens (tertiary/aromatic N) is 1. The number of nitro groups is 1. The number of benzene rings is 1. The number of anilines is 1. The second kappa shape index (κ2) is 6.39. The van der Waals surface area contributed by atoms with Gasteiger partial charge in [0.2, 0.25) is 0 Å². The Hall–Kier alpha value is -2.37. The van der Waals surface area contributed by atoms with E-state index in [1.807, 2.05) is 19.9 Å². The minimum Gasteiger partial charge on any atom is -0.315 e. The summed E-state index contributed by atoms with van der Waals surface area (Å²) in [6, 6.07) is 5.23. The maximum absolute atomic E-state index is 11.4. The molecule has 0 heterocycles. The zero-order valence-electron chi connectivity index (χ0n) is 10.2. The minimum absolute atomic E-state index is 0.0133. The number of amides is 2. The maximum atomic E-state index is 11.4. The van der Waals surface area contributed by atoms with Gasteiger partial charge in [-0.1, -0.05) is 19.9 Å². The van der Waals surface area contributed by atoms with Gasteiger partial charge in [-0.15, -0.1) is 0 Å². The molecule has 1 aromatic carbocycles. The van der Waals surface area contributed by atoms with Crippen molar-refractivity contribution in [1.82, 2.24) is 5.32 Å². The Bertz CT molecular complexity index is 452. The fraction of sp³-hybridized carbons (Fsp3) is 0.250. The first kappa shape index (κ1) is 13.7. The number of nitro benzene ring substituents is 1. The highest BCUT2D eigenvalue weighted by Gasteiger charge is 2.05. The number of urea groups is 1. The molecule has 6 heteroatoms. The number of nitrogens with one attached hydrogen (secondary N) is 2. The lowest BCUT2D eigenvalue weighted by atomic mass is 10.2. The summed E-state index contributed by atoms with van der Waals surface area (Å²) >= 11 is 0. The average Bonchev–Trinajstić information content (AvgIpc) is 2.29. The highest BCUT2D eigenvalue weighted by Crippen LogP contribution is 2.15. The highest BCUT2D eigenvalue weighted by molar-refractivity contribution is 5.89. The van der Waals surface area contributed by atoms with Gasteiger partial charge in [0.15, 0.2) is 0 Å². The van der Waals surface area contributed by atoms with Gasteiger partial charge in [0.25, 0.3) is 5.69 Å². The first-order chi connectivity index (χ1) is 8.49. The Morgan fingerprint density at radius 1 is 1.33 bits per heavy atom. The third-order valence-corrected chi connectivity index (χ3v) is 2.03. The maximum Gasteiger partial charge on any atom is 0.323 e. The van der Waals surface area contributed by atoms with E-state index in [1.165, 1.54) is 24.3 Å². The Balaban J connectivity index is 2.52. The van der Waals surface area contributed by atoms with Crippen LogP contribution in [0, 0.1) is 16.0 Å². The SMILES string of the molecule is CC(C)/C=C/NC(=O)Nc1ccc([N+](=O)[O-])cc1. The van der Waals surface area contributed by atoms with Gasteiger partial charge in [-0.05, 0) is 18.1 Å². The standard InChI is InChI=1S/C12H15N3O3/c1-9(2)7-8-13-12(16)14-10-3-5-11(6-4-10)15(17)18/h3-9H,1-2H3,(H2,13,14,16)/b8-7+. The zero-order chi connectivity index (χ0) is 13.5. The summed E-state index contributed by atoms with van der Waals surface area (Å²) in [7, 11) is 0. The molecule has 0 fully saturated rings. The van der Waals surface area contributed by atoms with E-state index < -0.39 is 4.92 Å². The monoisotopic (exact) mass is 249 g/mol. The smallest absolute Gasteiger partial charge is 0.315 e. The van der Waals surface area contributed by atoms with Crippen molar-refractivity contribution >= 4 is 17.4 Å².